The monoisotopic (exact) mass is 528 g/mol. The fourth-order valence-electron chi connectivity index (χ4n) is 4.68. The number of rotatable bonds is 6. The molecule has 2 aromatic carbocycles. The Labute approximate surface area is 226 Å². The number of carbonyl (C=O) groups excluding carboxylic acids is 1. The predicted molar refractivity (Wildman–Crippen MR) is 149 cm³/mol. The summed E-state index contributed by atoms with van der Waals surface area (Å²) in [6.45, 7) is 2.96. The second kappa shape index (κ2) is 12.0. The van der Waals surface area contributed by atoms with Gasteiger partial charge in [0.05, 0.1) is 42.4 Å². The summed E-state index contributed by atoms with van der Waals surface area (Å²) in [6.07, 6.45) is 7.17. The van der Waals surface area contributed by atoms with Gasteiger partial charge < -0.3 is 20.4 Å². The fraction of sp³-hybridized carbons (Fsp3) is 0.300. The maximum absolute atomic E-state index is 13.5. The molecule has 200 valence electrons. The second-order valence-electron chi connectivity index (χ2n) is 9.91. The molecule has 2 aliphatic heterocycles. The van der Waals surface area contributed by atoms with Crippen LogP contribution in [-0.2, 0) is 11.3 Å². The van der Waals surface area contributed by atoms with Gasteiger partial charge in [0, 0.05) is 29.7 Å². The van der Waals surface area contributed by atoms with Gasteiger partial charge in [-0.05, 0) is 74.9 Å². The Hall–Kier alpha value is -4.29. The van der Waals surface area contributed by atoms with Crippen molar-refractivity contribution < 1.29 is 13.6 Å². The average Bonchev–Trinajstić information content (AvgIpc) is 2.94. The van der Waals surface area contributed by atoms with Gasteiger partial charge in [0.15, 0.2) is 11.6 Å². The van der Waals surface area contributed by atoms with Crippen molar-refractivity contribution in [3.05, 3.63) is 83.2 Å². The first kappa shape index (κ1) is 26.3. The normalized spacial score (nSPS) is 16.0. The molecule has 1 aromatic heterocycles. The second-order valence-corrected chi connectivity index (χ2v) is 9.91. The van der Waals surface area contributed by atoms with E-state index in [2.05, 4.69) is 50.5 Å². The Bertz CT molecular complexity index is 1480. The SMILES string of the molecule is CN1CCC(Nc2cnc3ccc(C#CCNC(=O)C4=CN=CN(Cc5ccc(F)c(F)c5)C4)cc3c2)CC1. The van der Waals surface area contributed by atoms with Gasteiger partial charge in [0.2, 0.25) is 0 Å². The molecule has 0 radical (unpaired) electrons. The van der Waals surface area contributed by atoms with Gasteiger partial charge in [0.25, 0.3) is 5.91 Å². The molecule has 3 heterocycles. The molecule has 0 unspecified atom stereocenters. The molecule has 0 saturated carbocycles. The first-order valence-corrected chi connectivity index (χ1v) is 13.0. The van der Waals surface area contributed by atoms with Crippen molar-refractivity contribution in [3.8, 4) is 11.8 Å². The number of amides is 1. The molecule has 0 atom stereocenters. The highest BCUT2D eigenvalue weighted by molar-refractivity contribution is 5.95. The molecule has 0 spiro atoms. The van der Waals surface area contributed by atoms with Crippen molar-refractivity contribution in [2.75, 3.05) is 38.5 Å². The Morgan fingerprint density at radius 3 is 2.77 bits per heavy atom. The quantitative estimate of drug-likeness (QED) is 0.475. The van der Waals surface area contributed by atoms with E-state index >= 15 is 0 Å². The van der Waals surface area contributed by atoms with E-state index in [1.54, 1.807) is 11.2 Å². The smallest absolute Gasteiger partial charge is 0.251 e. The standard InChI is InChI=1S/C30H30F2N6O/c1-37-11-8-25(9-12-37)36-26-15-23-13-21(5-7-29(23)35-17-26)3-2-10-34-30(39)24-16-33-20-38(19-24)18-22-4-6-27(31)28(32)14-22/h4-7,13-17,20,25,36H,8-12,18-19H2,1H3,(H,34,39). The minimum Gasteiger partial charge on any atom is -0.381 e. The van der Waals surface area contributed by atoms with Gasteiger partial charge >= 0.3 is 0 Å². The third kappa shape index (κ3) is 6.98. The van der Waals surface area contributed by atoms with Crippen molar-refractivity contribution in [3.63, 3.8) is 0 Å². The van der Waals surface area contributed by atoms with E-state index in [-0.39, 0.29) is 12.5 Å². The lowest BCUT2D eigenvalue weighted by atomic mass is 10.0. The molecule has 0 aliphatic carbocycles. The molecular weight excluding hydrogens is 498 g/mol. The van der Waals surface area contributed by atoms with Gasteiger partial charge in [-0.2, -0.15) is 0 Å². The summed E-state index contributed by atoms with van der Waals surface area (Å²) >= 11 is 0. The summed E-state index contributed by atoms with van der Waals surface area (Å²) in [4.78, 5) is 25.4. The van der Waals surface area contributed by atoms with E-state index in [1.165, 1.54) is 12.3 Å². The van der Waals surface area contributed by atoms with Crippen molar-refractivity contribution >= 4 is 28.8 Å². The summed E-state index contributed by atoms with van der Waals surface area (Å²) in [7, 11) is 2.15. The van der Waals surface area contributed by atoms with Crippen LogP contribution in [0.4, 0.5) is 14.5 Å². The summed E-state index contributed by atoms with van der Waals surface area (Å²) in [5.74, 6) is 4.04. The Morgan fingerprint density at radius 2 is 1.95 bits per heavy atom. The Morgan fingerprint density at radius 1 is 1.10 bits per heavy atom. The van der Waals surface area contributed by atoms with Crippen LogP contribution in [0.15, 0.2) is 65.4 Å². The number of aromatic nitrogens is 1. The maximum Gasteiger partial charge on any atom is 0.251 e. The number of benzene rings is 2. The number of hydrogen-bond donors (Lipinski definition) is 2. The highest BCUT2D eigenvalue weighted by Crippen LogP contribution is 2.21. The lowest BCUT2D eigenvalue weighted by molar-refractivity contribution is -0.117. The number of piperidine rings is 1. The molecule has 1 saturated heterocycles. The van der Waals surface area contributed by atoms with E-state index in [1.807, 2.05) is 24.4 Å². The highest BCUT2D eigenvalue weighted by Gasteiger charge is 2.17. The van der Waals surface area contributed by atoms with Crippen LogP contribution in [0, 0.1) is 23.5 Å². The molecule has 9 heteroatoms. The number of pyridine rings is 1. The van der Waals surface area contributed by atoms with Crippen LogP contribution < -0.4 is 10.6 Å². The van der Waals surface area contributed by atoms with Gasteiger partial charge in [-0.25, -0.2) is 13.8 Å². The molecule has 1 fully saturated rings. The maximum atomic E-state index is 13.5. The predicted octanol–water partition coefficient (Wildman–Crippen LogP) is 3.91. The molecule has 0 bridgehead atoms. The van der Waals surface area contributed by atoms with E-state index in [4.69, 9.17) is 0 Å². The molecule has 39 heavy (non-hydrogen) atoms. The van der Waals surface area contributed by atoms with E-state index in [0.29, 0.717) is 30.3 Å². The first-order chi connectivity index (χ1) is 18.9. The van der Waals surface area contributed by atoms with Crippen molar-refractivity contribution in [2.24, 2.45) is 4.99 Å². The number of aliphatic imine (C=N–C) groups is 1. The van der Waals surface area contributed by atoms with Crippen LogP contribution >= 0.6 is 0 Å². The minimum absolute atomic E-state index is 0.178. The van der Waals surface area contributed by atoms with Crippen molar-refractivity contribution in [2.45, 2.75) is 25.4 Å². The van der Waals surface area contributed by atoms with E-state index in [0.717, 1.165) is 60.2 Å². The van der Waals surface area contributed by atoms with Crippen LogP contribution in [-0.4, -0.2) is 66.3 Å². The number of halogens is 2. The summed E-state index contributed by atoms with van der Waals surface area (Å²) < 4.78 is 26.7. The van der Waals surface area contributed by atoms with Crippen LogP contribution in [0.2, 0.25) is 0 Å². The minimum atomic E-state index is -0.902. The van der Waals surface area contributed by atoms with Crippen molar-refractivity contribution in [1.29, 1.82) is 0 Å². The third-order valence-electron chi connectivity index (χ3n) is 6.84. The lowest BCUT2D eigenvalue weighted by Gasteiger charge is -2.30. The topological polar surface area (TPSA) is 72.9 Å². The number of nitrogens with one attached hydrogen (secondary N) is 2. The summed E-state index contributed by atoms with van der Waals surface area (Å²) in [6, 6.07) is 12.2. The van der Waals surface area contributed by atoms with E-state index < -0.39 is 11.6 Å². The number of carbonyl (C=O) groups is 1. The lowest BCUT2D eigenvalue weighted by Crippen LogP contribution is -2.36. The number of anilines is 1. The van der Waals surface area contributed by atoms with Crippen LogP contribution in [0.3, 0.4) is 0 Å². The molecule has 5 rings (SSSR count). The molecule has 3 aromatic rings. The fourth-order valence-corrected chi connectivity index (χ4v) is 4.68. The first-order valence-electron chi connectivity index (χ1n) is 13.0. The van der Waals surface area contributed by atoms with Gasteiger partial charge in [-0.3, -0.25) is 9.78 Å². The molecule has 7 nitrogen and oxygen atoms in total. The van der Waals surface area contributed by atoms with Crippen LogP contribution in [0.5, 0.6) is 0 Å². The number of likely N-dealkylation sites (tertiary alicyclic amines) is 1. The third-order valence-corrected chi connectivity index (χ3v) is 6.84. The zero-order valence-electron chi connectivity index (χ0n) is 21.8. The Balaban J connectivity index is 1.14. The largest absolute Gasteiger partial charge is 0.381 e. The zero-order valence-corrected chi connectivity index (χ0v) is 21.8. The van der Waals surface area contributed by atoms with Crippen molar-refractivity contribution in [1.82, 2.24) is 20.1 Å². The van der Waals surface area contributed by atoms with Gasteiger partial charge in [0.1, 0.15) is 0 Å². The van der Waals surface area contributed by atoms with Crippen LogP contribution in [0.25, 0.3) is 10.9 Å². The number of nitrogens with zero attached hydrogens (tertiary/aromatic N) is 4. The zero-order chi connectivity index (χ0) is 27.2. The summed E-state index contributed by atoms with van der Waals surface area (Å²) in [5, 5.41) is 7.42. The highest BCUT2D eigenvalue weighted by atomic mass is 19.2. The van der Waals surface area contributed by atoms with Gasteiger partial charge in [-0.1, -0.05) is 17.9 Å². The van der Waals surface area contributed by atoms with Crippen LogP contribution in [0.1, 0.15) is 24.0 Å². The van der Waals surface area contributed by atoms with Gasteiger partial charge in [-0.15, -0.1) is 0 Å². The Kier molecular flexibility index (Phi) is 8.13. The number of fused-ring (bicyclic) bond motifs is 1. The molecular formula is C30H30F2N6O. The molecule has 2 N–H and O–H groups in total. The molecule has 2 aliphatic rings. The average molecular weight is 529 g/mol. The number of hydrogen-bond acceptors (Lipinski definition) is 6. The summed E-state index contributed by atoms with van der Waals surface area (Å²) in [5.41, 5.74) is 3.80. The molecule has 1 amide bonds. The van der Waals surface area contributed by atoms with E-state index in [9.17, 15) is 13.6 Å².